The Kier molecular flexibility index (Phi) is 4.93. The molecule has 0 aliphatic carbocycles. The second kappa shape index (κ2) is 7.41. The Morgan fingerprint density at radius 2 is 1.97 bits per heavy atom. The van der Waals surface area contributed by atoms with E-state index in [1.165, 1.54) is 11.3 Å². The molecule has 0 aliphatic heterocycles. The second-order valence-electron chi connectivity index (χ2n) is 6.83. The van der Waals surface area contributed by atoms with Crippen molar-refractivity contribution in [2.45, 2.75) is 33.8 Å². The lowest BCUT2D eigenvalue weighted by Crippen LogP contribution is -2.20. The van der Waals surface area contributed by atoms with Crippen LogP contribution in [0.15, 0.2) is 26.0 Å². The summed E-state index contributed by atoms with van der Waals surface area (Å²) in [5.74, 6) is -0.364. The number of furan rings is 1. The van der Waals surface area contributed by atoms with E-state index in [1.807, 2.05) is 26.8 Å². The first kappa shape index (κ1) is 19.3. The highest BCUT2D eigenvalue weighted by atomic mass is 32.1. The maximum absolute atomic E-state index is 12.6. The van der Waals surface area contributed by atoms with Crippen LogP contribution in [0.2, 0.25) is 0 Å². The van der Waals surface area contributed by atoms with Gasteiger partial charge in [0.1, 0.15) is 22.8 Å². The molecule has 1 aromatic carbocycles. The van der Waals surface area contributed by atoms with Gasteiger partial charge in [-0.05, 0) is 38.0 Å². The molecule has 0 aliphatic rings. The van der Waals surface area contributed by atoms with E-state index >= 15 is 0 Å². The third-order valence-corrected chi connectivity index (χ3v) is 5.67. The molecule has 0 radical (unpaired) electrons. The van der Waals surface area contributed by atoms with Gasteiger partial charge in [-0.25, -0.2) is 4.79 Å². The predicted octanol–water partition coefficient (Wildman–Crippen LogP) is 3.64. The maximum Gasteiger partial charge on any atom is 0.340 e. The van der Waals surface area contributed by atoms with Gasteiger partial charge in [-0.1, -0.05) is 11.3 Å². The number of benzene rings is 1. The summed E-state index contributed by atoms with van der Waals surface area (Å²) >= 11 is 1.22. The number of nitrogens with zero attached hydrogens (tertiary/aromatic N) is 2. The van der Waals surface area contributed by atoms with Crippen molar-refractivity contribution in [1.29, 1.82) is 0 Å². The summed E-state index contributed by atoms with van der Waals surface area (Å²) in [5.41, 5.74) is 3.44. The van der Waals surface area contributed by atoms with Gasteiger partial charge in [0.05, 0.1) is 18.2 Å². The van der Waals surface area contributed by atoms with E-state index in [-0.39, 0.29) is 12.3 Å². The van der Waals surface area contributed by atoms with Crippen LogP contribution in [0.1, 0.15) is 27.3 Å². The molecule has 150 valence electrons. The van der Waals surface area contributed by atoms with Gasteiger partial charge < -0.3 is 18.9 Å². The number of methoxy groups -OCH3 is 1. The topological polar surface area (TPSA) is 107 Å². The molecule has 3 aromatic heterocycles. The van der Waals surface area contributed by atoms with Crippen LogP contribution in [0.4, 0.5) is 5.13 Å². The number of carbonyl (C=O) groups is 1. The van der Waals surface area contributed by atoms with Crippen LogP contribution >= 0.6 is 11.3 Å². The Morgan fingerprint density at radius 1 is 1.17 bits per heavy atom. The third-order valence-electron chi connectivity index (χ3n) is 4.85. The fourth-order valence-electron chi connectivity index (χ4n) is 3.33. The number of aromatic nitrogens is 2. The monoisotopic (exact) mass is 413 g/mol. The average Bonchev–Trinajstić information content (AvgIpc) is 3.27. The SMILES string of the molecule is COCc1nnc(NC(=O)Cc2c(C)c3cc4c(C)coc4c(C)c3oc2=O)s1. The van der Waals surface area contributed by atoms with E-state index in [2.05, 4.69) is 15.5 Å². The smallest absolute Gasteiger partial charge is 0.340 e. The highest BCUT2D eigenvalue weighted by Crippen LogP contribution is 2.32. The van der Waals surface area contributed by atoms with Crippen molar-refractivity contribution in [2.75, 3.05) is 12.4 Å². The molecule has 29 heavy (non-hydrogen) atoms. The molecule has 0 saturated carbocycles. The quantitative estimate of drug-likeness (QED) is 0.498. The van der Waals surface area contributed by atoms with Gasteiger partial charge in [0, 0.05) is 23.4 Å². The zero-order valence-electron chi connectivity index (χ0n) is 16.4. The number of nitrogens with one attached hydrogen (secondary N) is 1. The number of ether oxygens (including phenoxy) is 1. The summed E-state index contributed by atoms with van der Waals surface area (Å²) in [6.07, 6.45) is 1.56. The molecule has 0 unspecified atom stereocenters. The van der Waals surface area contributed by atoms with Gasteiger partial charge >= 0.3 is 5.63 Å². The van der Waals surface area contributed by atoms with E-state index in [4.69, 9.17) is 13.6 Å². The minimum Gasteiger partial charge on any atom is -0.464 e. The number of hydrogen-bond acceptors (Lipinski definition) is 8. The number of hydrogen-bond donors (Lipinski definition) is 1. The van der Waals surface area contributed by atoms with Gasteiger partial charge in [0.15, 0.2) is 0 Å². The molecule has 0 atom stereocenters. The minimum absolute atomic E-state index is 0.120. The van der Waals surface area contributed by atoms with Crippen molar-refractivity contribution in [3.63, 3.8) is 0 Å². The normalized spacial score (nSPS) is 11.4. The molecule has 0 saturated heterocycles. The Balaban J connectivity index is 1.69. The first-order valence-electron chi connectivity index (χ1n) is 8.94. The highest BCUT2D eigenvalue weighted by Gasteiger charge is 2.19. The molecule has 8 nitrogen and oxygen atoms in total. The summed E-state index contributed by atoms with van der Waals surface area (Å²) < 4.78 is 16.2. The lowest BCUT2D eigenvalue weighted by Gasteiger charge is -2.09. The Bertz CT molecular complexity index is 1300. The van der Waals surface area contributed by atoms with Gasteiger partial charge in [-0.3, -0.25) is 4.79 Å². The fourth-order valence-corrected chi connectivity index (χ4v) is 4.06. The Labute approximate surface area is 169 Å². The number of aryl methyl sites for hydroxylation is 3. The average molecular weight is 413 g/mol. The molecule has 0 spiro atoms. The molecular weight excluding hydrogens is 394 g/mol. The number of amides is 1. The van der Waals surface area contributed by atoms with Crippen LogP contribution in [-0.4, -0.2) is 23.2 Å². The minimum atomic E-state index is -0.534. The van der Waals surface area contributed by atoms with Crippen LogP contribution in [0.5, 0.6) is 0 Å². The summed E-state index contributed by atoms with van der Waals surface area (Å²) in [4.78, 5) is 25.1. The Morgan fingerprint density at radius 3 is 2.72 bits per heavy atom. The van der Waals surface area contributed by atoms with E-state index in [0.29, 0.717) is 39.0 Å². The van der Waals surface area contributed by atoms with Crippen LogP contribution < -0.4 is 10.9 Å². The lowest BCUT2D eigenvalue weighted by atomic mass is 9.99. The van der Waals surface area contributed by atoms with Gasteiger partial charge in [0.2, 0.25) is 11.0 Å². The highest BCUT2D eigenvalue weighted by molar-refractivity contribution is 7.15. The van der Waals surface area contributed by atoms with Crippen LogP contribution in [0.3, 0.4) is 0 Å². The van der Waals surface area contributed by atoms with Crippen molar-refractivity contribution in [3.05, 3.63) is 50.0 Å². The summed E-state index contributed by atoms with van der Waals surface area (Å²) in [6.45, 7) is 5.96. The molecule has 3 heterocycles. The molecule has 0 fully saturated rings. The number of carbonyl (C=O) groups excluding carboxylic acids is 1. The molecule has 9 heteroatoms. The number of anilines is 1. The van der Waals surface area contributed by atoms with Crippen molar-refractivity contribution in [2.24, 2.45) is 0 Å². The van der Waals surface area contributed by atoms with Crippen molar-refractivity contribution >= 4 is 44.3 Å². The molecule has 4 aromatic rings. The second-order valence-corrected chi connectivity index (χ2v) is 7.89. The first-order valence-corrected chi connectivity index (χ1v) is 9.75. The first-order chi connectivity index (χ1) is 13.9. The lowest BCUT2D eigenvalue weighted by molar-refractivity contribution is -0.115. The van der Waals surface area contributed by atoms with E-state index in [0.717, 1.165) is 21.9 Å². The summed E-state index contributed by atoms with van der Waals surface area (Å²) in [6, 6.07) is 1.94. The molecule has 1 N–H and O–H groups in total. The van der Waals surface area contributed by atoms with Gasteiger partial charge in [-0.2, -0.15) is 0 Å². The van der Waals surface area contributed by atoms with Crippen LogP contribution in [0, 0.1) is 20.8 Å². The van der Waals surface area contributed by atoms with Crippen molar-refractivity contribution < 1.29 is 18.4 Å². The zero-order valence-corrected chi connectivity index (χ0v) is 17.2. The molecule has 1 amide bonds. The maximum atomic E-state index is 12.6. The standard InChI is InChI=1S/C20H19N3O5S/c1-9-7-27-17-11(3)18-13(5-12(9)17)10(2)14(19(25)28-18)6-15(24)21-20-23-22-16(29-20)8-26-4/h5,7H,6,8H2,1-4H3,(H,21,23,24). The van der Waals surface area contributed by atoms with E-state index in [9.17, 15) is 9.59 Å². The fraction of sp³-hybridized carbons (Fsp3) is 0.300. The van der Waals surface area contributed by atoms with Crippen molar-refractivity contribution in [3.8, 4) is 0 Å². The van der Waals surface area contributed by atoms with Gasteiger partial charge in [0.25, 0.3) is 0 Å². The number of rotatable bonds is 5. The van der Waals surface area contributed by atoms with E-state index < -0.39 is 5.63 Å². The molecule has 0 bridgehead atoms. The third kappa shape index (κ3) is 3.43. The van der Waals surface area contributed by atoms with Crippen LogP contribution in [-0.2, 0) is 22.6 Å². The molecule has 4 rings (SSSR count). The van der Waals surface area contributed by atoms with E-state index in [1.54, 1.807) is 13.4 Å². The largest absolute Gasteiger partial charge is 0.464 e. The molecular formula is C20H19N3O5S. The zero-order chi connectivity index (χ0) is 20.7. The Hall–Kier alpha value is -3.04. The number of fused-ring (bicyclic) bond motifs is 2. The summed E-state index contributed by atoms with van der Waals surface area (Å²) in [5, 5.41) is 13.3. The predicted molar refractivity (Wildman–Crippen MR) is 109 cm³/mol. The van der Waals surface area contributed by atoms with Gasteiger partial charge in [-0.15, -0.1) is 10.2 Å². The summed E-state index contributed by atoms with van der Waals surface area (Å²) in [7, 11) is 1.56. The van der Waals surface area contributed by atoms with Crippen molar-refractivity contribution in [1.82, 2.24) is 10.2 Å². The van der Waals surface area contributed by atoms with Crippen LogP contribution in [0.25, 0.3) is 21.9 Å².